The van der Waals surface area contributed by atoms with E-state index < -0.39 is 0 Å². The molecule has 0 atom stereocenters. The van der Waals surface area contributed by atoms with Gasteiger partial charge in [-0.1, -0.05) is 24.3 Å². The molecule has 0 aromatic heterocycles. The lowest BCUT2D eigenvalue weighted by Crippen LogP contribution is -2.31. The number of benzene rings is 2. The molecule has 0 bridgehead atoms. The number of carbonyl (C=O) groups is 2. The zero-order valence-electron chi connectivity index (χ0n) is 14.3. The lowest BCUT2D eigenvalue weighted by atomic mass is 10.2. The van der Waals surface area contributed by atoms with Crippen LogP contribution in [0.2, 0.25) is 0 Å². The maximum Gasteiger partial charge on any atom is 0.226 e. The first-order valence-electron chi connectivity index (χ1n) is 7.92. The number of hydrogen-bond donors (Lipinski definition) is 1. The molecule has 5 nitrogen and oxygen atoms in total. The number of nitrogens with one attached hydrogen (secondary N) is 1. The van der Waals surface area contributed by atoms with E-state index in [0.29, 0.717) is 17.0 Å². The monoisotopic (exact) mass is 344 g/mol. The molecule has 1 N–H and O–H groups in total. The van der Waals surface area contributed by atoms with E-state index in [1.165, 1.54) is 17.9 Å². The number of halogens is 1. The number of methoxy groups -OCH3 is 1. The predicted molar refractivity (Wildman–Crippen MR) is 93.7 cm³/mol. The van der Waals surface area contributed by atoms with Crippen molar-refractivity contribution < 1.29 is 18.7 Å². The molecule has 2 aromatic rings. The van der Waals surface area contributed by atoms with Crippen LogP contribution in [0.5, 0.6) is 5.75 Å². The molecule has 0 aliphatic heterocycles. The van der Waals surface area contributed by atoms with Crippen LogP contribution >= 0.6 is 0 Å². The van der Waals surface area contributed by atoms with Crippen molar-refractivity contribution in [2.45, 2.75) is 19.9 Å². The van der Waals surface area contributed by atoms with Crippen molar-refractivity contribution in [1.82, 2.24) is 4.90 Å². The first-order chi connectivity index (χ1) is 12.0. The molecular formula is C19H21FN2O3. The predicted octanol–water partition coefficient (Wildman–Crippen LogP) is 3.21. The number of amides is 2. The molecule has 0 aliphatic rings. The number of carbonyl (C=O) groups excluding carboxylic acids is 2. The molecule has 0 aliphatic carbocycles. The highest BCUT2D eigenvalue weighted by molar-refractivity contribution is 5.91. The molecule has 2 aromatic carbocycles. The molecule has 0 radical (unpaired) electrons. The van der Waals surface area contributed by atoms with Crippen molar-refractivity contribution in [2.24, 2.45) is 0 Å². The highest BCUT2D eigenvalue weighted by Gasteiger charge is 2.14. The van der Waals surface area contributed by atoms with Gasteiger partial charge in [-0.2, -0.15) is 0 Å². The van der Waals surface area contributed by atoms with Crippen LogP contribution in [0.1, 0.15) is 18.9 Å². The van der Waals surface area contributed by atoms with Gasteiger partial charge in [0.15, 0.2) is 0 Å². The second kappa shape index (κ2) is 8.82. The molecule has 0 heterocycles. The molecule has 2 rings (SSSR count). The van der Waals surface area contributed by atoms with Crippen LogP contribution in [0.4, 0.5) is 10.1 Å². The van der Waals surface area contributed by atoms with E-state index in [2.05, 4.69) is 5.32 Å². The molecule has 0 saturated carbocycles. The van der Waals surface area contributed by atoms with E-state index >= 15 is 0 Å². The van der Waals surface area contributed by atoms with Gasteiger partial charge >= 0.3 is 0 Å². The van der Waals surface area contributed by atoms with Crippen molar-refractivity contribution in [3.63, 3.8) is 0 Å². The van der Waals surface area contributed by atoms with Gasteiger partial charge in [-0.3, -0.25) is 9.59 Å². The Balaban J connectivity index is 1.93. The largest absolute Gasteiger partial charge is 0.497 e. The Labute approximate surface area is 146 Å². The Bertz CT molecular complexity index is 749. The molecule has 0 saturated heterocycles. The van der Waals surface area contributed by atoms with E-state index in [1.54, 1.807) is 49.6 Å². The molecule has 25 heavy (non-hydrogen) atoms. The van der Waals surface area contributed by atoms with Gasteiger partial charge in [-0.05, 0) is 18.2 Å². The first kappa shape index (κ1) is 18.4. The minimum absolute atomic E-state index is 0.116. The summed E-state index contributed by atoms with van der Waals surface area (Å²) in [6, 6.07) is 13.3. The van der Waals surface area contributed by atoms with E-state index in [1.807, 2.05) is 0 Å². The molecule has 0 fully saturated rings. The summed E-state index contributed by atoms with van der Waals surface area (Å²) >= 11 is 0. The Morgan fingerprint density at radius 2 is 1.92 bits per heavy atom. The topological polar surface area (TPSA) is 58.6 Å². The number of hydrogen-bond acceptors (Lipinski definition) is 3. The van der Waals surface area contributed by atoms with Gasteiger partial charge in [0.2, 0.25) is 11.8 Å². The maximum atomic E-state index is 13.7. The summed E-state index contributed by atoms with van der Waals surface area (Å²) in [5.74, 6) is -0.164. The van der Waals surface area contributed by atoms with Crippen molar-refractivity contribution in [2.75, 3.05) is 19.0 Å². The first-order valence-corrected chi connectivity index (χ1v) is 7.92. The molecule has 2 amide bonds. The number of anilines is 1. The van der Waals surface area contributed by atoms with E-state index in [-0.39, 0.29) is 37.1 Å². The van der Waals surface area contributed by atoms with E-state index in [9.17, 15) is 14.0 Å². The molecule has 132 valence electrons. The SMILES string of the molecule is COc1cccc(NC(=O)CCN(Cc2ccccc2F)C(C)=O)c1. The summed E-state index contributed by atoms with van der Waals surface area (Å²) in [6.45, 7) is 1.74. The molecule has 6 heteroatoms. The van der Waals surface area contributed by atoms with Gasteiger partial charge in [0.1, 0.15) is 11.6 Å². The lowest BCUT2D eigenvalue weighted by molar-refractivity contribution is -0.130. The highest BCUT2D eigenvalue weighted by Crippen LogP contribution is 2.17. The fourth-order valence-electron chi connectivity index (χ4n) is 2.34. The van der Waals surface area contributed by atoms with E-state index in [0.717, 1.165) is 0 Å². The summed E-state index contributed by atoms with van der Waals surface area (Å²) in [7, 11) is 1.55. The fraction of sp³-hybridized carbons (Fsp3) is 0.263. The Morgan fingerprint density at radius 3 is 2.60 bits per heavy atom. The summed E-state index contributed by atoms with van der Waals surface area (Å²) < 4.78 is 18.8. The average molecular weight is 344 g/mol. The fourth-order valence-corrected chi connectivity index (χ4v) is 2.34. The van der Waals surface area contributed by atoms with Crippen molar-refractivity contribution in [3.8, 4) is 5.75 Å². The van der Waals surface area contributed by atoms with Crippen LogP contribution in [0, 0.1) is 5.82 Å². The third-order valence-corrected chi connectivity index (χ3v) is 3.73. The average Bonchev–Trinajstić information content (AvgIpc) is 2.60. The molecule has 0 unspecified atom stereocenters. The normalized spacial score (nSPS) is 10.2. The van der Waals surface area contributed by atoms with Crippen LogP contribution in [-0.4, -0.2) is 30.4 Å². The summed E-state index contributed by atoms with van der Waals surface area (Å²) in [5.41, 5.74) is 1.04. The van der Waals surface area contributed by atoms with Crippen molar-refractivity contribution in [3.05, 3.63) is 59.9 Å². The maximum absolute atomic E-state index is 13.7. The number of rotatable bonds is 7. The zero-order chi connectivity index (χ0) is 18.2. The summed E-state index contributed by atoms with van der Waals surface area (Å²) in [4.78, 5) is 25.3. The van der Waals surface area contributed by atoms with E-state index in [4.69, 9.17) is 4.74 Å². The van der Waals surface area contributed by atoms with Crippen LogP contribution < -0.4 is 10.1 Å². The van der Waals surface area contributed by atoms with Gasteiger partial charge < -0.3 is 15.0 Å². The quantitative estimate of drug-likeness (QED) is 0.839. The van der Waals surface area contributed by atoms with Gasteiger partial charge in [0.25, 0.3) is 0 Å². The highest BCUT2D eigenvalue weighted by atomic mass is 19.1. The smallest absolute Gasteiger partial charge is 0.226 e. The van der Waals surface area contributed by atoms with Gasteiger partial charge in [0.05, 0.1) is 7.11 Å². The summed E-state index contributed by atoms with van der Waals surface area (Å²) in [6.07, 6.45) is 0.116. The zero-order valence-corrected chi connectivity index (χ0v) is 14.3. The minimum atomic E-state index is -0.366. The second-order valence-corrected chi connectivity index (χ2v) is 5.56. The van der Waals surface area contributed by atoms with Crippen molar-refractivity contribution in [1.29, 1.82) is 0 Å². The number of ether oxygens (including phenoxy) is 1. The van der Waals surface area contributed by atoms with Crippen molar-refractivity contribution >= 4 is 17.5 Å². The second-order valence-electron chi connectivity index (χ2n) is 5.56. The Morgan fingerprint density at radius 1 is 1.16 bits per heavy atom. The standard InChI is InChI=1S/C19H21FN2O3/c1-14(23)22(13-15-6-3-4-9-18(15)20)11-10-19(24)21-16-7-5-8-17(12-16)25-2/h3-9,12H,10-11,13H2,1-2H3,(H,21,24). The van der Waals surface area contributed by atoms with Crippen LogP contribution in [0.3, 0.4) is 0 Å². The van der Waals surface area contributed by atoms with Gasteiger partial charge in [-0.15, -0.1) is 0 Å². The number of nitrogens with zero attached hydrogens (tertiary/aromatic N) is 1. The molecular weight excluding hydrogens is 323 g/mol. The Kier molecular flexibility index (Phi) is 6.51. The van der Waals surface area contributed by atoms with Gasteiger partial charge in [0, 0.05) is 43.8 Å². The third-order valence-electron chi connectivity index (χ3n) is 3.73. The lowest BCUT2D eigenvalue weighted by Gasteiger charge is -2.21. The molecule has 0 spiro atoms. The van der Waals surface area contributed by atoms with Crippen LogP contribution in [0.25, 0.3) is 0 Å². The van der Waals surface area contributed by atoms with Gasteiger partial charge in [-0.25, -0.2) is 4.39 Å². The summed E-state index contributed by atoms with van der Waals surface area (Å²) in [5, 5.41) is 2.76. The minimum Gasteiger partial charge on any atom is -0.497 e. The Hall–Kier alpha value is -2.89. The van der Waals surface area contributed by atoms with Crippen LogP contribution in [-0.2, 0) is 16.1 Å². The third kappa shape index (κ3) is 5.60. The van der Waals surface area contributed by atoms with Crippen LogP contribution in [0.15, 0.2) is 48.5 Å².